The van der Waals surface area contributed by atoms with Crippen LogP contribution in [0.25, 0.3) is 33.4 Å². The molecule has 0 spiro atoms. The highest BCUT2D eigenvalue weighted by Crippen LogP contribution is 2.33. The van der Waals surface area contributed by atoms with E-state index in [9.17, 15) is 19.2 Å². The van der Waals surface area contributed by atoms with Crippen LogP contribution in [0.1, 0.15) is 62.3 Å². The Hall–Kier alpha value is -8.08. The topological polar surface area (TPSA) is 162 Å². The van der Waals surface area contributed by atoms with Gasteiger partial charge in [-0.2, -0.15) is 0 Å². The molecule has 3 N–H and O–H groups in total. The Kier molecular flexibility index (Phi) is 16.5. The van der Waals surface area contributed by atoms with Crippen LogP contribution < -0.4 is 31.7 Å². The minimum atomic E-state index is -0.855. The number of anilines is 6. The number of ether oxygens (including phenoxy) is 2. The fourth-order valence-electron chi connectivity index (χ4n) is 8.44. The van der Waals surface area contributed by atoms with Gasteiger partial charge >= 0.3 is 0 Å². The highest BCUT2D eigenvalue weighted by atomic mass is 19.1. The van der Waals surface area contributed by atoms with E-state index in [1.165, 1.54) is 33.1 Å². The number of fused-ring (bicyclic) bond motifs is 2. The molecule has 0 aliphatic carbocycles. The zero-order chi connectivity index (χ0) is 50.8. The molecule has 2 unspecified atom stereocenters. The summed E-state index contributed by atoms with van der Waals surface area (Å²) in [6.45, 7) is 11.7. The first-order chi connectivity index (χ1) is 34.3. The predicted octanol–water partition coefficient (Wildman–Crippen LogP) is 10.6. The number of halogens is 2. The number of Topliss-reactive ketones (excluding diaryl/α,β-unsaturated/α-hetero) is 2. The number of hydrogen-bond donors (Lipinski definition) is 3. The van der Waals surface area contributed by atoms with Crippen LogP contribution in [0.4, 0.5) is 43.4 Å². The molecule has 4 aromatic carbocycles. The third kappa shape index (κ3) is 11.2. The number of nitrogens with one attached hydrogen (secondary N) is 3. The van der Waals surface area contributed by atoms with E-state index in [1.54, 1.807) is 14.0 Å². The van der Waals surface area contributed by atoms with Gasteiger partial charge in [0.15, 0.2) is 57.0 Å². The molecule has 4 aromatic heterocycles. The summed E-state index contributed by atoms with van der Waals surface area (Å²) in [5, 5.41) is 9.29. The van der Waals surface area contributed by atoms with Crippen LogP contribution in [0.15, 0.2) is 143 Å². The molecule has 0 radical (unpaired) electrons. The molecular weight excluding hydrogens is 907 g/mol. The molecule has 1 aliphatic rings. The standard InChI is InChI=1S/C28H27FN4O3.C25H23FN4O3.C2H6/c1-17-15-32(16-18(2)36-17)28-26(29)24(19(3)34)25-22(35)14-23(30-20-10-6-4-7-11-20)33(27(25)31-28)21-12-8-5-9-13-21;1-16(31)21-22-19(32)15-20(28-17-9-5-3-6-10-17)30(18-11-7-4-8-12-18)25(22)29-24(23(21)26)27-13-14-33-2;1-2/h4-14,17-18,30H,15-16H2,1-3H3;3-12,15,28H,13-14H2,1-2H3,(H,27,29);1-2H3. The quantitative estimate of drug-likeness (QED) is 0.0742. The number of methoxy groups -OCH3 is 1. The van der Waals surface area contributed by atoms with Crippen molar-refractivity contribution in [2.45, 2.75) is 53.8 Å². The molecule has 366 valence electrons. The lowest BCUT2D eigenvalue weighted by Crippen LogP contribution is -2.46. The molecule has 5 heterocycles. The van der Waals surface area contributed by atoms with Gasteiger partial charge < -0.3 is 30.3 Å². The second-order valence-corrected chi connectivity index (χ2v) is 16.5. The van der Waals surface area contributed by atoms with Gasteiger partial charge in [-0.3, -0.25) is 28.3 Å². The van der Waals surface area contributed by atoms with Crippen molar-refractivity contribution in [3.63, 3.8) is 0 Å². The second-order valence-electron chi connectivity index (χ2n) is 16.5. The normalized spacial score (nSPS) is 14.2. The van der Waals surface area contributed by atoms with E-state index >= 15 is 8.78 Å². The number of para-hydroxylation sites is 4. The summed E-state index contributed by atoms with van der Waals surface area (Å²) in [6, 6.07) is 40.1. The molecule has 1 aliphatic heterocycles. The molecule has 1 saturated heterocycles. The van der Waals surface area contributed by atoms with Crippen LogP contribution >= 0.6 is 0 Å². The van der Waals surface area contributed by atoms with Crippen molar-refractivity contribution in [1.82, 2.24) is 19.1 Å². The first-order valence-corrected chi connectivity index (χ1v) is 23.3. The van der Waals surface area contributed by atoms with Crippen LogP contribution in [-0.4, -0.2) is 76.2 Å². The van der Waals surface area contributed by atoms with Crippen molar-refractivity contribution >= 4 is 68.3 Å². The number of nitrogens with zero attached hydrogens (tertiary/aromatic N) is 5. The third-order valence-electron chi connectivity index (χ3n) is 11.3. The Morgan fingerprint density at radius 1 is 0.648 bits per heavy atom. The van der Waals surface area contributed by atoms with Gasteiger partial charge in [0, 0.05) is 61.6 Å². The van der Waals surface area contributed by atoms with Gasteiger partial charge in [-0.25, -0.2) is 18.7 Å². The average Bonchev–Trinajstić information content (AvgIpc) is 3.36. The summed E-state index contributed by atoms with van der Waals surface area (Å²) in [5.41, 5.74) is 1.78. The molecule has 1 fully saturated rings. The largest absolute Gasteiger partial charge is 0.383 e. The van der Waals surface area contributed by atoms with Crippen LogP contribution in [0.2, 0.25) is 0 Å². The molecular formula is C55H56F2N8O6. The van der Waals surface area contributed by atoms with E-state index < -0.39 is 34.1 Å². The van der Waals surface area contributed by atoms with Gasteiger partial charge in [0.05, 0.1) is 40.7 Å². The lowest BCUT2D eigenvalue weighted by Gasteiger charge is -2.36. The number of carbonyl (C=O) groups is 2. The van der Waals surface area contributed by atoms with Crippen LogP contribution in [-0.2, 0) is 9.47 Å². The van der Waals surface area contributed by atoms with E-state index in [2.05, 4.69) is 20.9 Å². The minimum absolute atomic E-state index is 0.0376. The van der Waals surface area contributed by atoms with E-state index in [0.717, 1.165) is 11.4 Å². The Bertz CT molecular complexity index is 3270. The van der Waals surface area contributed by atoms with Gasteiger partial charge in [-0.1, -0.05) is 86.6 Å². The second kappa shape index (κ2) is 23.0. The summed E-state index contributed by atoms with van der Waals surface area (Å²) < 4.78 is 45.5. The van der Waals surface area contributed by atoms with Crippen molar-refractivity contribution in [1.29, 1.82) is 0 Å². The highest BCUT2D eigenvalue weighted by molar-refractivity contribution is 6.08. The molecule has 71 heavy (non-hydrogen) atoms. The van der Waals surface area contributed by atoms with Gasteiger partial charge in [-0.15, -0.1) is 0 Å². The van der Waals surface area contributed by atoms with Gasteiger partial charge in [0.1, 0.15) is 11.6 Å². The molecule has 8 aromatic rings. The number of pyridine rings is 4. The monoisotopic (exact) mass is 962 g/mol. The summed E-state index contributed by atoms with van der Waals surface area (Å²) >= 11 is 0. The molecule has 0 saturated carbocycles. The number of carbonyl (C=O) groups excluding carboxylic acids is 2. The number of morpholine rings is 1. The molecule has 14 nitrogen and oxygen atoms in total. The van der Waals surface area contributed by atoms with Crippen LogP contribution in [0, 0.1) is 11.6 Å². The van der Waals surface area contributed by atoms with Crippen LogP contribution in [0.5, 0.6) is 0 Å². The zero-order valence-corrected chi connectivity index (χ0v) is 40.6. The SMILES string of the molecule is CC.CC(=O)c1c(F)c(N2CC(C)OC(C)C2)nc2c1c(=O)cc(Nc1ccccc1)n2-c1ccccc1.COCCNc1nc2c(c(C(C)=O)c1F)c(=O)cc(Nc1ccccc1)n2-c1ccccc1. The average molecular weight is 963 g/mol. The molecule has 16 heteroatoms. The fourth-order valence-corrected chi connectivity index (χ4v) is 8.44. The fraction of sp³-hybridized carbons (Fsp3) is 0.236. The van der Waals surface area contributed by atoms with E-state index in [4.69, 9.17) is 14.5 Å². The lowest BCUT2D eigenvalue weighted by atomic mass is 10.1. The molecule has 0 bridgehead atoms. The van der Waals surface area contributed by atoms with Gasteiger partial charge in [0.25, 0.3) is 0 Å². The number of benzene rings is 4. The lowest BCUT2D eigenvalue weighted by molar-refractivity contribution is -0.00564. The van der Waals surface area contributed by atoms with E-state index in [-0.39, 0.29) is 63.6 Å². The number of hydrogen-bond acceptors (Lipinski definition) is 12. The maximum absolute atomic E-state index is 15.9. The zero-order valence-electron chi connectivity index (χ0n) is 40.6. The summed E-state index contributed by atoms with van der Waals surface area (Å²) in [7, 11) is 1.53. The van der Waals surface area contributed by atoms with Gasteiger partial charge in [-0.05, 0) is 76.2 Å². The predicted molar refractivity (Wildman–Crippen MR) is 278 cm³/mol. The molecule has 0 amide bonds. The van der Waals surface area contributed by atoms with Crippen molar-refractivity contribution < 1.29 is 27.8 Å². The molecule has 2 atom stereocenters. The summed E-state index contributed by atoms with van der Waals surface area (Å²) in [5.74, 6) is -1.93. The summed E-state index contributed by atoms with van der Waals surface area (Å²) in [4.78, 5) is 62.7. The summed E-state index contributed by atoms with van der Waals surface area (Å²) in [6.07, 6.45) is -0.289. The number of aromatic nitrogens is 4. The maximum atomic E-state index is 15.9. The van der Waals surface area contributed by atoms with Crippen molar-refractivity contribution in [2.75, 3.05) is 54.2 Å². The van der Waals surface area contributed by atoms with E-state index in [0.29, 0.717) is 42.7 Å². The van der Waals surface area contributed by atoms with Crippen molar-refractivity contribution in [3.8, 4) is 11.4 Å². The Labute approximate surface area is 409 Å². The Morgan fingerprint density at radius 2 is 1.06 bits per heavy atom. The van der Waals surface area contributed by atoms with Crippen LogP contribution in [0.3, 0.4) is 0 Å². The Morgan fingerprint density at radius 3 is 1.48 bits per heavy atom. The maximum Gasteiger partial charge on any atom is 0.194 e. The number of rotatable bonds is 13. The smallest absolute Gasteiger partial charge is 0.194 e. The van der Waals surface area contributed by atoms with Crippen molar-refractivity contribution in [3.05, 3.63) is 177 Å². The Balaban J connectivity index is 0.000000203. The number of ketones is 2. The van der Waals surface area contributed by atoms with E-state index in [1.807, 2.05) is 149 Å². The highest BCUT2D eigenvalue weighted by Gasteiger charge is 2.31. The first kappa shape index (κ1) is 50.8. The van der Waals surface area contributed by atoms with Crippen molar-refractivity contribution in [2.24, 2.45) is 0 Å². The van der Waals surface area contributed by atoms with Gasteiger partial charge in [0.2, 0.25) is 0 Å². The molecule has 9 rings (SSSR count). The third-order valence-corrected chi connectivity index (χ3v) is 11.3. The first-order valence-electron chi connectivity index (χ1n) is 23.3. The minimum Gasteiger partial charge on any atom is -0.383 e.